The molecular formula is C12H10BrCl2NO. The number of benzene rings is 1. The van der Waals surface area contributed by atoms with Crippen molar-refractivity contribution in [3.05, 3.63) is 50.3 Å². The van der Waals surface area contributed by atoms with Crippen LogP contribution in [0.2, 0.25) is 10.0 Å². The first-order valence-electron chi connectivity index (χ1n) is 5.00. The van der Waals surface area contributed by atoms with E-state index in [1.54, 1.807) is 0 Å². The predicted molar refractivity (Wildman–Crippen MR) is 74.9 cm³/mol. The van der Waals surface area contributed by atoms with Crippen LogP contribution >= 0.6 is 39.1 Å². The molecule has 0 saturated heterocycles. The molecule has 0 amide bonds. The number of anilines is 1. The Morgan fingerprint density at radius 2 is 1.94 bits per heavy atom. The summed E-state index contributed by atoms with van der Waals surface area (Å²) in [5.74, 6) is 1.75. The molecule has 0 saturated carbocycles. The SMILES string of the molecule is Cc1ccc(CNc2ccc(Br)c(Cl)c2Cl)o1. The molecule has 0 radical (unpaired) electrons. The lowest BCUT2D eigenvalue weighted by Crippen LogP contribution is -1.99. The average Bonchev–Trinajstić information content (AvgIpc) is 2.71. The summed E-state index contributed by atoms with van der Waals surface area (Å²) in [6.45, 7) is 2.48. The van der Waals surface area contributed by atoms with Gasteiger partial charge in [-0.25, -0.2) is 0 Å². The first-order chi connectivity index (χ1) is 8.08. The lowest BCUT2D eigenvalue weighted by atomic mass is 10.3. The summed E-state index contributed by atoms with van der Waals surface area (Å²) in [7, 11) is 0. The standard InChI is InChI=1S/C12H10BrCl2NO/c1-7-2-3-8(17-7)6-16-10-5-4-9(13)11(14)12(10)15/h2-5,16H,6H2,1H3. The van der Waals surface area contributed by atoms with Gasteiger partial charge in [0.2, 0.25) is 0 Å². The van der Waals surface area contributed by atoms with Crippen LogP contribution in [-0.2, 0) is 6.54 Å². The second-order valence-electron chi connectivity index (χ2n) is 3.59. The van der Waals surface area contributed by atoms with Crippen molar-refractivity contribution >= 4 is 44.8 Å². The minimum Gasteiger partial charge on any atom is -0.465 e. The first-order valence-corrected chi connectivity index (χ1v) is 6.55. The van der Waals surface area contributed by atoms with Crippen LogP contribution in [0, 0.1) is 6.92 Å². The fourth-order valence-corrected chi connectivity index (χ4v) is 2.27. The Labute approximate surface area is 118 Å². The van der Waals surface area contributed by atoms with E-state index in [1.165, 1.54) is 0 Å². The third-order valence-electron chi connectivity index (χ3n) is 2.28. The first kappa shape index (κ1) is 12.8. The Kier molecular flexibility index (Phi) is 4.02. The van der Waals surface area contributed by atoms with Crippen molar-refractivity contribution < 1.29 is 4.42 Å². The number of nitrogens with one attached hydrogen (secondary N) is 1. The summed E-state index contributed by atoms with van der Waals surface area (Å²) < 4.78 is 6.23. The lowest BCUT2D eigenvalue weighted by Gasteiger charge is -2.09. The molecule has 0 fully saturated rings. The molecule has 0 aliphatic heterocycles. The van der Waals surface area contributed by atoms with Crippen molar-refractivity contribution in [2.75, 3.05) is 5.32 Å². The van der Waals surface area contributed by atoms with E-state index in [0.29, 0.717) is 16.6 Å². The summed E-state index contributed by atoms with van der Waals surface area (Å²) >= 11 is 15.5. The molecular weight excluding hydrogens is 325 g/mol. The highest BCUT2D eigenvalue weighted by molar-refractivity contribution is 9.10. The molecule has 1 aromatic heterocycles. The van der Waals surface area contributed by atoms with Gasteiger partial charge >= 0.3 is 0 Å². The summed E-state index contributed by atoms with van der Waals surface area (Å²) in [5.41, 5.74) is 0.786. The van der Waals surface area contributed by atoms with Crippen LogP contribution in [-0.4, -0.2) is 0 Å². The molecule has 1 aromatic carbocycles. The largest absolute Gasteiger partial charge is 0.465 e. The molecule has 1 N–H and O–H groups in total. The van der Waals surface area contributed by atoms with Crippen molar-refractivity contribution in [3.63, 3.8) is 0 Å². The molecule has 0 atom stereocenters. The van der Waals surface area contributed by atoms with Gasteiger partial charge in [-0.1, -0.05) is 23.2 Å². The highest BCUT2D eigenvalue weighted by Crippen LogP contribution is 2.35. The highest BCUT2D eigenvalue weighted by Gasteiger charge is 2.08. The van der Waals surface area contributed by atoms with E-state index < -0.39 is 0 Å². The maximum atomic E-state index is 6.11. The van der Waals surface area contributed by atoms with Crippen molar-refractivity contribution in [2.45, 2.75) is 13.5 Å². The van der Waals surface area contributed by atoms with E-state index >= 15 is 0 Å². The maximum absolute atomic E-state index is 6.11. The van der Waals surface area contributed by atoms with E-state index in [2.05, 4.69) is 21.2 Å². The summed E-state index contributed by atoms with van der Waals surface area (Å²) in [6.07, 6.45) is 0. The lowest BCUT2D eigenvalue weighted by molar-refractivity contribution is 0.490. The van der Waals surface area contributed by atoms with Crippen molar-refractivity contribution in [3.8, 4) is 0 Å². The van der Waals surface area contributed by atoms with Gasteiger partial charge < -0.3 is 9.73 Å². The van der Waals surface area contributed by atoms with Crippen LogP contribution < -0.4 is 5.32 Å². The Hall–Kier alpha value is -0.640. The quantitative estimate of drug-likeness (QED) is 0.773. The van der Waals surface area contributed by atoms with Crippen LogP contribution in [0.15, 0.2) is 33.2 Å². The van der Waals surface area contributed by atoms with Crippen LogP contribution in [0.5, 0.6) is 0 Å². The average molecular weight is 335 g/mol. The molecule has 5 heteroatoms. The number of hydrogen-bond acceptors (Lipinski definition) is 2. The maximum Gasteiger partial charge on any atom is 0.123 e. The van der Waals surface area contributed by atoms with Crippen molar-refractivity contribution in [1.29, 1.82) is 0 Å². The zero-order valence-corrected chi connectivity index (χ0v) is 12.2. The monoisotopic (exact) mass is 333 g/mol. The van der Waals surface area contributed by atoms with Crippen LogP contribution in [0.3, 0.4) is 0 Å². The number of halogens is 3. The normalized spacial score (nSPS) is 10.6. The predicted octanol–water partition coefficient (Wildman–Crippen LogP) is 5.27. The zero-order valence-electron chi connectivity index (χ0n) is 9.06. The summed E-state index contributed by atoms with van der Waals surface area (Å²) in [6, 6.07) is 7.57. The third kappa shape index (κ3) is 2.97. The van der Waals surface area contributed by atoms with Gasteiger partial charge in [-0.2, -0.15) is 0 Å². The minimum absolute atomic E-state index is 0.504. The van der Waals surface area contributed by atoms with Crippen molar-refractivity contribution in [2.24, 2.45) is 0 Å². The molecule has 0 unspecified atom stereocenters. The number of aryl methyl sites for hydroxylation is 1. The zero-order chi connectivity index (χ0) is 12.4. The molecule has 1 heterocycles. The van der Waals surface area contributed by atoms with Gasteiger partial charge in [-0.05, 0) is 47.1 Å². The second kappa shape index (κ2) is 5.34. The van der Waals surface area contributed by atoms with Gasteiger partial charge in [-0.15, -0.1) is 0 Å². The number of hydrogen-bond donors (Lipinski definition) is 1. The molecule has 0 aliphatic rings. The fourth-order valence-electron chi connectivity index (χ4n) is 1.42. The Morgan fingerprint density at radius 1 is 1.18 bits per heavy atom. The van der Waals surface area contributed by atoms with Gasteiger partial charge in [-0.3, -0.25) is 0 Å². The third-order valence-corrected chi connectivity index (χ3v) is 4.06. The summed E-state index contributed by atoms with van der Waals surface area (Å²) in [4.78, 5) is 0. The van der Waals surface area contributed by atoms with E-state index in [4.69, 9.17) is 27.6 Å². The van der Waals surface area contributed by atoms with Gasteiger partial charge in [0.05, 0.1) is 22.3 Å². The second-order valence-corrected chi connectivity index (χ2v) is 5.20. The summed E-state index contributed by atoms with van der Waals surface area (Å²) in [5, 5.41) is 4.19. The van der Waals surface area contributed by atoms with E-state index in [-0.39, 0.29) is 0 Å². The molecule has 17 heavy (non-hydrogen) atoms. The van der Waals surface area contributed by atoms with Gasteiger partial charge in [0.15, 0.2) is 0 Å². The molecule has 2 nitrogen and oxygen atoms in total. The van der Waals surface area contributed by atoms with E-state index in [1.807, 2.05) is 31.2 Å². The van der Waals surface area contributed by atoms with Crippen LogP contribution in [0.4, 0.5) is 5.69 Å². The fraction of sp³-hybridized carbons (Fsp3) is 0.167. The smallest absolute Gasteiger partial charge is 0.123 e. The van der Waals surface area contributed by atoms with E-state index in [9.17, 15) is 0 Å². The highest BCUT2D eigenvalue weighted by atomic mass is 79.9. The van der Waals surface area contributed by atoms with Gasteiger partial charge in [0.25, 0.3) is 0 Å². The number of rotatable bonds is 3. The Morgan fingerprint density at radius 3 is 2.59 bits per heavy atom. The topological polar surface area (TPSA) is 25.2 Å². The molecule has 2 rings (SSSR count). The van der Waals surface area contributed by atoms with Gasteiger partial charge in [0, 0.05) is 4.47 Å². The van der Waals surface area contributed by atoms with Crippen molar-refractivity contribution in [1.82, 2.24) is 0 Å². The van der Waals surface area contributed by atoms with Gasteiger partial charge in [0.1, 0.15) is 11.5 Å². The molecule has 90 valence electrons. The van der Waals surface area contributed by atoms with Crippen LogP contribution in [0.1, 0.15) is 11.5 Å². The number of furan rings is 1. The molecule has 0 bridgehead atoms. The van der Waals surface area contributed by atoms with Crippen LogP contribution in [0.25, 0.3) is 0 Å². The Balaban J connectivity index is 2.12. The molecule has 0 spiro atoms. The molecule has 0 aliphatic carbocycles. The molecule has 2 aromatic rings. The van der Waals surface area contributed by atoms with E-state index in [0.717, 1.165) is 21.7 Å². The minimum atomic E-state index is 0.504. The Bertz CT molecular complexity index is 539.